The molecule has 7 nitrogen and oxygen atoms in total. The van der Waals surface area contributed by atoms with Crippen molar-refractivity contribution < 1.29 is 19.1 Å². The van der Waals surface area contributed by atoms with Crippen LogP contribution < -0.4 is 9.47 Å². The Morgan fingerprint density at radius 1 is 1.28 bits per heavy atom. The Balaban J connectivity index is 1.81. The molecule has 0 aliphatic carbocycles. The van der Waals surface area contributed by atoms with E-state index >= 15 is 0 Å². The summed E-state index contributed by atoms with van der Waals surface area (Å²) in [6.07, 6.45) is 0. The van der Waals surface area contributed by atoms with Crippen molar-refractivity contribution in [2.75, 3.05) is 21.0 Å². The zero-order chi connectivity index (χ0) is 17.8. The molecule has 25 heavy (non-hydrogen) atoms. The predicted molar refractivity (Wildman–Crippen MR) is 91.5 cm³/mol. The maximum atomic E-state index is 11.2. The third-order valence-corrected chi connectivity index (χ3v) is 4.01. The first kappa shape index (κ1) is 17.2. The normalized spacial score (nSPS) is 13.2. The van der Waals surface area contributed by atoms with Crippen LogP contribution in [0.4, 0.5) is 5.69 Å². The van der Waals surface area contributed by atoms with Crippen LogP contribution in [0.5, 0.6) is 11.5 Å². The van der Waals surface area contributed by atoms with E-state index in [1.165, 1.54) is 6.07 Å². The van der Waals surface area contributed by atoms with Crippen molar-refractivity contribution >= 4 is 5.69 Å². The summed E-state index contributed by atoms with van der Waals surface area (Å²) in [7, 11) is 3.60. The Bertz CT molecular complexity index is 778. The monoisotopic (exact) mass is 344 g/mol. The summed E-state index contributed by atoms with van der Waals surface area (Å²) in [5, 5.41) is 11.2. The molecule has 0 radical (unpaired) electrons. The molecule has 3 rings (SSSR count). The van der Waals surface area contributed by atoms with Crippen molar-refractivity contribution in [3.63, 3.8) is 0 Å². The van der Waals surface area contributed by atoms with E-state index in [1.54, 1.807) is 13.2 Å². The zero-order valence-electron chi connectivity index (χ0n) is 14.2. The second-order valence-corrected chi connectivity index (χ2v) is 5.98. The van der Waals surface area contributed by atoms with Crippen LogP contribution in [0.15, 0.2) is 36.4 Å². The topological polar surface area (TPSA) is 74.1 Å². The summed E-state index contributed by atoms with van der Waals surface area (Å²) in [6, 6.07) is 10.9. The molecule has 1 aliphatic heterocycles. The fourth-order valence-electron chi connectivity index (χ4n) is 2.93. The van der Waals surface area contributed by atoms with Crippen molar-refractivity contribution in [1.82, 2.24) is 4.90 Å². The minimum Gasteiger partial charge on any atom is -0.497 e. The van der Waals surface area contributed by atoms with Gasteiger partial charge in [0.15, 0.2) is 6.79 Å². The highest BCUT2D eigenvalue weighted by molar-refractivity contribution is 5.50. The molecule has 0 atom stereocenters. The molecular formula is C18H20N2O5. The lowest BCUT2D eigenvalue weighted by Gasteiger charge is -2.23. The van der Waals surface area contributed by atoms with Crippen molar-refractivity contribution in [1.29, 1.82) is 0 Å². The Labute approximate surface area is 145 Å². The largest absolute Gasteiger partial charge is 0.497 e. The van der Waals surface area contributed by atoms with E-state index in [1.807, 2.05) is 31.3 Å². The van der Waals surface area contributed by atoms with Gasteiger partial charge in [-0.05, 0) is 24.7 Å². The fraction of sp³-hybridized carbons (Fsp3) is 0.333. The molecule has 0 saturated heterocycles. The van der Waals surface area contributed by atoms with Gasteiger partial charge in [0.2, 0.25) is 0 Å². The molecule has 0 saturated carbocycles. The van der Waals surface area contributed by atoms with E-state index in [4.69, 9.17) is 14.2 Å². The molecule has 1 aliphatic rings. The molecule has 0 fully saturated rings. The number of nitro groups is 1. The maximum absolute atomic E-state index is 11.2. The SMILES string of the molecule is COc1cccc(CN(C)Cc2cc([N+](=O)[O-])cc3c2OCOC3)c1. The van der Waals surface area contributed by atoms with Crippen molar-refractivity contribution in [3.8, 4) is 11.5 Å². The quantitative estimate of drug-likeness (QED) is 0.592. The van der Waals surface area contributed by atoms with Gasteiger partial charge in [0.05, 0.1) is 18.6 Å². The Kier molecular flexibility index (Phi) is 5.16. The second-order valence-electron chi connectivity index (χ2n) is 5.98. The molecule has 0 unspecified atom stereocenters. The van der Waals surface area contributed by atoms with Gasteiger partial charge in [-0.1, -0.05) is 12.1 Å². The zero-order valence-corrected chi connectivity index (χ0v) is 14.2. The van der Waals surface area contributed by atoms with Gasteiger partial charge in [0.25, 0.3) is 5.69 Å². The number of ether oxygens (including phenoxy) is 3. The molecule has 0 bridgehead atoms. The minimum absolute atomic E-state index is 0.0534. The van der Waals surface area contributed by atoms with Crippen LogP contribution in [0, 0.1) is 10.1 Å². The molecule has 2 aromatic rings. The van der Waals surface area contributed by atoms with Crippen LogP contribution in [0.3, 0.4) is 0 Å². The third-order valence-electron chi connectivity index (χ3n) is 4.01. The molecule has 1 heterocycles. The van der Waals surface area contributed by atoms with Crippen molar-refractivity contribution in [2.24, 2.45) is 0 Å². The number of methoxy groups -OCH3 is 1. The minimum atomic E-state index is -0.388. The van der Waals surface area contributed by atoms with Crippen LogP contribution in [-0.4, -0.2) is 30.8 Å². The molecule has 0 aromatic heterocycles. The molecule has 0 amide bonds. The van der Waals surface area contributed by atoms with Gasteiger partial charge >= 0.3 is 0 Å². The molecule has 0 spiro atoms. The fourth-order valence-corrected chi connectivity index (χ4v) is 2.93. The first-order valence-electron chi connectivity index (χ1n) is 7.89. The predicted octanol–water partition coefficient (Wildman–Crippen LogP) is 3.10. The summed E-state index contributed by atoms with van der Waals surface area (Å²) >= 11 is 0. The van der Waals surface area contributed by atoms with Gasteiger partial charge in [-0.2, -0.15) is 0 Å². The lowest BCUT2D eigenvalue weighted by molar-refractivity contribution is -0.385. The maximum Gasteiger partial charge on any atom is 0.270 e. The number of fused-ring (bicyclic) bond motifs is 1. The highest BCUT2D eigenvalue weighted by Crippen LogP contribution is 2.33. The highest BCUT2D eigenvalue weighted by Gasteiger charge is 2.21. The van der Waals surface area contributed by atoms with Gasteiger partial charge in [0, 0.05) is 36.3 Å². The Morgan fingerprint density at radius 3 is 2.88 bits per heavy atom. The van der Waals surface area contributed by atoms with E-state index < -0.39 is 0 Å². The van der Waals surface area contributed by atoms with Crippen LogP contribution in [0.1, 0.15) is 16.7 Å². The number of hydrogen-bond acceptors (Lipinski definition) is 6. The lowest BCUT2D eigenvalue weighted by atomic mass is 10.1. The van der Waals surface area contributed by atoms with E-state index in [0.717, 1.165) is 16.9 Å². The number of non-ortho nitro benzene ring substituents is 1. The summed E-state index contributed by atoms with van der Waals surface area (Å²) in [6.45, 7) is 1.70. The average Bonchev–Trinajstić information content (AvgIpc) is 2.61. The van der Waals surface area contributed by atoms with E-state index in [-0.39, 0.29) is 17.4 Å². The summed E-state index contributed by atoms with van der Waals surface area (Å²) in [5.41, 5.74) is 2.66. The smallest absolute Gasteiger partial charge is 0.270 e. The summed E-state index contributed by atoms with van der Waals surface area (Å²) in [4.78, 5) is 12.9. The van der Waals surface area contributed by atoms with E-state index in [0.29, 0.717) is 31.0 Å². The van der Waals surface area contributed by atoms with E-state index in [2.05, 4.69) is 4.90 Å². The van der Waals surface area contributed by atoms with Gasteiger partial charge < -0.3 is 14.2 Å². The highest BCUT2D eigenvalue weighted by atomic mass is 16.7. The number of nitrogens with zero attached hydrogens (tertiary/aromatic N) is 2. The van der Waals surface area contributed by atoms with Crippen molar-refractivity contribution in [2.45, 2.75) is 19.7 Å². The van der Waals surface area contributed by atoms with Gasteiger partial charge in [-0.25, -0.2) is 0 Å². The van der Waals surface area contributed by atoms with E-state index in [9.17, 15) is 10.1 Å². The van der Waals surface area contributed by atoms with Gasteiger partial charge in [-0.3, -0.25) is 15.0 Å². The standard InChI is InChI=1S/C18H20N2O5/c1-19(9-13-4-3-5-17(6-13)23-2)10-14-7-16(20(21)22)8-15-11-24-12-25-18(14)15/h3-8H,9-12H2,1-2H3. The first-order chi connectivity index (χ1) is 12.1. The van der Waals surface area contributed by atoms with Gasteiger partial charge in [-0.15, -0.1) is 0 Å². The average molecular weight is 344 g/mol. The number of rotatable bonds is 6. The Morgan fingerprint density at radius 2 is 2.12 bits per heavy atom. The summed E-state index contributed by atoms with van der Waals surface area (Å²) < 4.78 is 16.1. The molecule has 132 valence electrons. The first-order valence-corrected chi connectivity index (χ1v) is 7.89. The van der Waals surface area contributed by atoms with Crippen LogP contribution in [0.2, 0.25) is 0 Å². The number of benzene rings is 2. The van der Waals surface area contributed by atoms with Gasteiger partial charge in [0.1, 0.15) is 11.5 Å². The molecule has 2 aromatic carbocycles. The molecule has 0 N–H and O–H groups in total. The van der Waals surface area contributed by atoms with Crippen LogP contribution in [0.25, 0.3) is 0 Å². The van der Waals surface area contributed by atoms with Crippen molar-refractivity contribution in [3.05, 3.63) is 63.2 Å². The van der Waals surface area contributed by atoms with Crippen LogP contribution >= 0.6 is 0 Å². The lowest BCUT2D eigenvalue weighted by Crippen LogP contribution is -2.20. The third kappa shape index (κ3) is 4.07. The number of nitro benzene ring substituents is 1. The second kappa shape index (κ2) is 7.50. The summed E-state index contributed by atoms with van der Waals surface area (Å²) in [5.74, 6) is 1.49. The molecular weight excluding hydrogens is 324 g/mol. The van der Waals surface area contributed by atoms with Crippen LogP contribution in [-0.2, 0) is 24.4 Å². The Hall–Kier alpha value is -2.64. The number of hydrogen-bond donors (Lipinski definition) is 0. The molecule has 7 heteroatoms.